The fourth-order valence-electron chi connectivity index (χ4n) is 1.43. The highest BCUT2D eigenvalue weighted by atomic mass is 16.4. The molecule has 0 aromatic carbocycles. The highest BCUT2D eigenvalue weighted by Gasteiger charge is 2.20. The van der Waals surface area contributed by atoms with Crippen molar-refractivity contribution in [3.8, 4) is 0 Å². The molecule has 1 N–H and O–H groups in total. The largest absolute Gasteiger partial charge is 0.476 e. The van der Waals surface area contributed by atoms with Crippen molar-refractivity contribution in [2.45, 2.75) is 26.2 Å². The smallest absolute Gasteiger partial charge is 0.358 e. The summed E-state index contributed by atoms with van der Waals surface area (Å²) >= 11 is 0. The van der Waals surface area contributed by atoms with Crippen molar-refractivity contribution in [2.24, 2.45) is 0 Å². The average molecular weight is 219 g/mol. The standard InChI is InChI=1S/C11H13N3O2/c1-11(2,3)7-6-14-5-4-12-8(10(15)16)9(14)13-7/h4-6H,1-3H3,(H,15,16). The maximum absolute atomic E-state index is 11.0. The van der Waals surface area contributed by atoms with Crippen molar-refractivity contribution in [1.82, 2.24) is 14.4 Å². The zero-order chi connectivity index (χ0) is 11.9. The van der Waals surface area contributed by atoms with Gasteiger partial charge in [0, 0.05) is 24.0 Å². The van der Waals surface area contributed by atoms with E-state index in [0.29, 0.717) is 5.65 Å². The van der Waals surface area contributed by atoms with Crippen LogP contribution in [0.25, 0.3) is 5.65 Å². The Balaban J connectivity index is 2.71. The Bertz CT molecular complexity index is 552. The number of imidazole rings is 1. The number of hydrogen-bond acceptors (Lipinski definition) is 3. The van der Waals surface area contributed by atoms with Gasteiger partial charge in [-0.15, -0.1) is 0 Å². The Labute approximate surface area is 92.8 Å². The van der Waals surface area contributed by atoms with Crippen molar-refractivity contribution < 1.29 is 9.90 Å². The Kier molecular flexibility index (Phi) is 2.18. The molecule has 5 nitrogen and oxygen atoms in total. The number of carboxylic acids is 1. The van der Waals surface area contributed by atoms with Gasteiger partial charge in [0.15, 0.2) is 11.3 Å². The molecule has 16 heavy (non-hydrogen) atoms. The van der Waals surface area contributed by atoms with E-state index in [1.165, 1.54) is 6.20 Å². The molecule has 2 rings (SSSR count). The minimum Gasteiger partial charge on any atom is -0.476 e. The summed E-state index contributed by atoms with van der Waals surface area (Å²) in [6.45, 7) is 6.09. The first-order chi connectivity index (χ1) is 7.39. The second-order valence-corrected chi connectivity index (χ2v) is 4.69. The van der Waals surface area contributed by atoms with Gasteiger partial charge in [0.2, 0.25) is 0 Å². The average Bonchev–Trinajstić information content (AvgIpc) is 2.59. The Morgan fingerprint density at radius 3 is 2.69 bits per heavy atom. The van der Waals surface area contributed by atoms with Crippen LogP contribution in [0, 0.1) is 0 Å². The van der Waals surface area contributed by atoms with E-state index in [4.69, 9.17) is 5.11 Å². The predicted molar refractivity (Wildman–Crippen MR) is 58.6 cm³/mol. The van der Waals surface area contributed by atoms with Crippen LogP contribution in [0.1, 0.15) is 37.0 Å². The number of hydrogen-bond donors (Lipinski definition) is 1. The molecule has 2 heterocycles. The number of aromatic nitrogens is 3. The summed E-state index contributed by atoms with van der Waals surface area (Å²) < 4.78 is 1.69. The molecule has 84 valence electrons. The lowest BCUT2D eigenvalue weighted by Crippen LogP contribution is -2.11. The molecular formula is C11H13N3O2. The highest BCUT2D eigenvalue weighted by Crippen LogP contribution is 2.22. The van der Waals surface area contributed by atoms with Gasteiger partial charge in [-0.05, 0) is 0 Å². The molecule has 0 amide bonds. The van der Waals surface area contributed by atoms with Gasteiger partial charge in [0.05, 0.1) is 5.69 Å². The summed E-state index contributed by atoms with van der Waals surface area (Å²) in [5, 5.41) is 8.98. The summed E-state index contributed by atoms with van der Waals surface area (Å²) in [4.78, 5) is 19.1. The highest BCUT2D eigenvalue weighted by molar-refractivity contribution is 5.91. The van der Waals surface area contributed by atoms with Crippen molar-refractivity contribution in [1.29, 1.82) is 0 Å². The SMILES string of the molecule is CC(C)(C)c1cn2ccnc(C(=O)O)c2n1. The second kappa shape index (κ2) is 3.30. The summed E-state index contributed by atoms with van der Waals surface area (Å²) in [6.07, 6.45) is 5.00. The van der Waals surface area contributed by atoms with Crippen LogP contribution in [0.4, 0.5) is 0 Å². The van der Waals surface area contributed by atoms with Crippen LogP contribution in [0.2, 0.25) is 0 Å². The van der Waals surface area contributed by atoms with Crippen LogP contribution in [0.3, 0.4) is 0 Å². The lowest BCUT2D eigenvalue weighted by atomic mass is 9.93. The third-order valence-corrected chi connectivity index (χ3v) is 2.35. The molecule has 0 fully saturated rings. The molecule has 0 atom stereocenters. The zero-order valence-electron chi connectivity index (χ0n) is 9.43. The summed E-state index contributed by atoms with van der Waals surface area (Å²) in [7, 11) is 0. The molecule has 0 saturated heterocycles. The summed E-state index contributed by atoms with van der Waals surface area (Å²) in [5.74, 6) is -1.06. The van der Waals surface area contributed by atoms with Crippen LogP contribution in [0.15, 0.2) is 18.6 Å². The first kappa shape index (κ1) is 10.6. The molecule has 0 spiro atoms. The van der Waals surface area contributed by atoms with Gasteiger partial charge in [0.25, 0.3) is 0 Å². The van der Waals surface area contributed by atoms with Gasteiger partial charge < -0.3 is 9.51 Å². The first-order valence-electron chi connectivity index (χ1n) is 4.97. The van der Waals surface area contributed by atoms with E-state index in [9.17, 15) is 4.79 Å². The van der Waals surface area contributed by atoms with Crippen molar-refractivity contribution >= 4 is 11.6 Å². The van der Waals surface area contributed by atoms with Gasteiger partial charge in [-0.2, -0.15) is 0 Å². The summed E-state index contributed by atoms with van der Waals surface area (Å²) in [5.41, 5.74) is 1.11. The van der Waals surface area contributed by atoms with Gasteiger partial charge in [0.1, 0.15) is 0 Å². The van der Waals surface area contributed by atoms with Gasteiger partial charge in [-0.1, -0.05) is 20.8 Å². The van der Waals surface area contributed by atoms with Crippen molar-refractivity contribution in [3.63, 3.8) is 0 Å². The van der Waals surface area contributed by atoms with Crippen LogP contribution < -0.4 is 0 Å². The maximum Gasteiger partial charge on any atom is 0.358 e. The molecule has 0 aliphatic rings. The number of aromatic carboxylic acids is 1. The monoisotopic (exact) mass is 219 g/mol. The van der Waals surface area contributed by atoms with Crippen LogP contribution >= 0.6 is 0 Å². The zero-order valence-corrected chi connectivity index (χ0v) is 9.43. The number of rotatable bonds is 1. The van der Waals surface area contributed by atoms with E-state index in [-0.39, 0.29) is 11.1 Å². The molecule has 5 heteroatoms. The quantitative estimate of drug-likeness (QED) is 0.793. The number of nitrogens with zero attached hydrogens (tertiary/aromatic N) is 3. The number of fused-ring (bicyclic) bond motifs is 1. The van der Waals surface area contributed by atoms with Crippen molar-refractivity contribution in [3.05, 3.63) is 30.0 Å². The second-order valence-electron chi connectivity index (χ2n) is 4.69. The third-order valence-electron chi connectivity index (χ3n) is 2.35. The Morgan fingerprint density at radius 2 is 2.12 bits per heavy atom. The van der Waals surface area contributed by atoms with Crippen LogP contribution in [0.5, 0.6) is 0 Å². The van der Waals surface area contributed by atoms with Gasteiger partial charge in [-0.3, -0.25) is 0 Å². The minimum atomic E-state index is -1.06. The third kappa shape index (κ3) is 1.64. The predicted octanol–water partition coefficient (Wildman–Crippen LogP) is 1.72. The molecule has 0 aliphatic carbocycles. The van der Waals surface area contributed by atoms with E-state index in [2.05, 4.69) is 9.97 Å². The molecule has 2 aromatic heterocycles. The van der Waals surface area contributed by atoms with Crippen LogP contribution in [-0.2, 0) is 5.41 Å². The van der Waals surface area contributed by atoms with E-state index in [1.54, 1.807) is 10.6 Å². The van der Waals surface area contributed by atoms with E-state index in [1.807, 2.05) is 27.0 Å². The molecule has 0 radical (unpaired) electrons. The minimum absolute atomic E-state index is 0.0157. The van der Waals surface area contributed by atoms with E-state index in [0.717, 1.165) is 5.69 Å². The topological polar surface area (TPSA) is 67.5 Å². The molecular weight excluding hydrogens is 206 g/mol. The lowest BCUT2D eigenvalue weighted by molar-refractivity contribution is 0.0692. The lowest BCUT2D eigenvalue weighted by Gasteiger charge is -2.13. The fraction of sp³-hybridized carbons (Fsp3) is 0.364. The Morgan fingerprint density at radius 1 is 1.44 bits per heavy atom. The molecule has 0 unspecified atom stereocenters. The maximum atomic E-state index is 11.0. The normalized spacial score (nSPS) is 11.9. The van der Waals surface area contributed by atoms with E-state index >= 15 is 0 Å². The van der Waals surface area contributed by atoms with E-state index < -0.39 is 5.97 Å². The first-order valence-corrected chi connectivity index (χ1v) is 4.97. The fourth-order valence-corrected chi connectivity index (χ4v) is 1.43. The molecule has 2 aromatic rings. The molecule has 0 aliphatic heterocycles. The van der Waals surface area contributed by atoms with Gasteiger partial charge >= 0.3 is 5.97 Å². The Hall–Kier alpha value is -1.91. The van der Waals surface area contributed by atoms with Gasteiger partial charge in [-0.25, -0.2) is 14.8 Å². The van der Waals surface area contributed by atoms with Crippen molar-refractivity contribution in [2.75, 3.05) is 0 Å². The summed E-state index contributed by atoms with van der Waals surface area (Å²) in [6, 6.07) is 0. The molecule has 0 saturated carbocycles. The number of carboxylic acid groups (broad SMARTS) is 1. The van der Waals surface area contributed by atoms with Crippen LogP contribution in [-0.4, -0.2) is 25.4 Å². The molecule has 0 bridgehead atoms. The number of carbonyl (C=O) groups is 1.